The highest BCUT2D eigenvalue weighted by Crippen LogP contribution is 2.27. The van der Waals surface area contributed by atoms with Gasteiger partial charge in [0, 0.05) is 23.9 Å². The van der Waals surface area contributed by atoms with Gasteiger partial charge in [-0.1, -0.05) is 84.8 Å². The van der Waals surface area contributed by atoms with Crippen LogP contribution in [-0.4, -0.2) is 50.0 Å². The molecule has 0 saturated carbocycles. The van der Waals surface area contributed by atoms with Gasteiger partial charge in [0.05, 0.1) is 10.6 Å². The minimum absolute atomic E-state index is 0.0826. The maximum Gasteiger partial charge on any atom is 0.264 e. The maximum absolute atomic E-state index is 14.6. The summed E-state index contributed by atoms with van der Waals surface area (Å²) in [6.07, 6.45) is 2.92. The average Bonchev–Trinajstić information content (AvgIpc) is 3.06. The van der Waals surface area contributed by atoms with E-state index in [-0.39, 0.29) is 29.8 Å². The number of nitrogens with zero attached hydrogens (tertiary/aromatic N) is 2. The predicted molar refractivity (Wildman–Crippen MR) is 187 cm³/mol. The van der Waals surface area contributed by atoms with E-state index in [9.17, 15) is 18.0 Å². The molecule has 4 aromatic carbocycles. The van der Waals surface area contributed by atoms with Crippen molar-refractivity contribution in [2.75, 3.05) is 17.1 Å². The van der Waals surface area contributed by atoms with Crippen LogP contribution in [0.2, 0.25) is 0 Å². The Hall–Kier alpha value is -4.08. The lowest BCUT2D eigenvalue weighted by atomic mass is 10.0. The lowest BCUT2D eigenvalue weighted by Gasteiger charge is -2.34. The average molecular weight is 658 g/mol. The number of sulfonamides is 1. The fraction of sp³-hybridized carbons (Fsp3) is 0.297. The van der Waals surface area contributed by atoms with Gasteiger partial charge in [-0.25, -0.2) is 8.42 Å². The van der Waals surface area contributed by atoms with Crippen LogP contribution in [0, 0.1) is 13.8 Å². The molecule has 0 aliphatic carbocycles. The molecule has 0 unspecified atom stereocenters. The first-order valence-corrected chi connectivity index (χ1v) is 18.1. The van der Waals surface area contributed by atoms with E-state index < -0.39 is 28.5 Å². The monoisotopic (exact) mass is 657 g/mol. The van der Waals surface area contributed by atoms with Crippen LogP contribution in [0.25, 0.3) is 0 Å². The molecule has 2 amide bonds. The summed E-state index contributed by atoms with van der Waals surface area (Å²) in [5.74, 6) is -0.761. The van der Waals surface area contributed by atoms with Gasteiger partial charge in [0.1, 0.15) is 12.6 Å². The van der Waals surface area contributed by atoms with Crippen molar-refractivity contribution in [2.24, 2.45) is 0 Å². The summed E-state index contributed by atoms with van der Waals surface area (Å²) in [6.45, 7) is 7.46. The number of thioether (sulfide) groups is 1. The van der Waals surface area contributed by atoms with E-state index in [1.807, 2.05) is 101 Å². The zero-order chi connectivity index (χ0) is 33.3. The number of carbonyl (C=O) groups is 2. The first-order valence-electron chi connectivity index (χ1n) is 15.4. The van der Waals surface area contributed by atoms with Crippen molar-refractivity contribution in [3.8, 4) is 0 Å². The Bertz CT molecular complexity index is 1710. The molecule has 0 aliphatic rings. The molecule has 242 valence electrons. The van der Waals surface area contributed by atoms with Crippen LogP contribution >= 0.6 is 11.8 Å². The van der Waals surface area contributed by atoms with Gasteiger partial charge in [0.15, 0.2) is 0 Å². The SMILES string of the molecule is CC[C@@H](C)NC(=O)[C@@H](Cc1ccccc1)N(Cc1cccc(C)c1)C(=O)CN(c1ccc(C)cc1)S(=O)(=O)c1ccc(SC)cc1. The fourth-order valence-electron chi connectivity index (χ4n) is 5.12. The molecule has 2 atom stereocenters. The van der Waals surface area contributed by atoms with Crippen LogP contribution in [0.1, 0.15) is 42.5 Å². The van der Waals surface area contributed by atoms with E-state index in [1.165, 1.54) is 16.7 Å². The highest BCUT2D eigenvalue weighted by atomic mass is 32.2. The lowest BCUT2D eigenvalue weighted by Crippen LogP contribution is -2.54. The molecule has 0 radical (unpaired) electrons. The van der Waals surface area contributed by atoms with Crippen LogP contribution in [0.15, 0.2) is 113 Å². The molecule has 0 bridgehead atoms. The van der Waals surface area contributed by atoms with Crippen molar-refractivity contribution in [1.82, 2.24) is 10.2 Å². The molecule has 46 heavy (non-hydrogen) atoms. The van der Waals surface area contributed by atoms with E-state index in [4.69, 9.17) is 0 Å². The maximum atomic E-state index is 14.6. The standard InChI is InChI=1S/C37H43N3O4S2/c1-6-29(4)38-37(42)35(24-30-12-8-7-9-13-30)39(25-31-14-10-11-28(3)23-31)36(41)26-40(32-17-15-27(2)16-18-32)46(43,44)34-21-19-33(45-5)20-22-34/h7-23,29,35H,6,24-26H2,1-5H3,(H,38,42)/t29-,35-/m1/s1. The number of carbonyl (C=O) groups excluding carboxylic acids is 2. The largest absolute Gasteiger partial charge is 0.352 e. The molecule has 7 nitrogen and oxygen atoms in total. The Balaban J connectivity index is 1.80. The molecule has 1 N–H and O–H groups in total. The Morgan fingerprint density at radius 3 is 2.09 bits per heavy atom. The summed E-state index contributed by atoms with van der Waals surface area (Å²) in [7, 11) is -4.15. The van der Waals surface area contributed by atoms with E-state index in [0.717, 1.165) is 37.9 Å². The van der Waals surface area contributed by atoms with Crippen LogP contribution in [-0.2, 0) is 32.6 Å². The number of benzene rings is 4. The number of amides is 2. The molecule has 0 aliphatic heterocycles. The van der Waals surface area contributed by atoms with Crippen molar-refractivity contribution in [1.29, 1.82) is 0 Å². The van der Waals surface area contributed by atoms with Gasteiger partial charge in [-0.3, -0.25) is 13.9 Å². The van der Waals surface area contributed by atoms with Gasteiger partial charge in [0.25, 0.3) is 10.0 Å². The van der Waals surface area contributed by atoms with Crippen molar-refractivity contribution in [3.05, 3.63) is 125 Å². The highest BCUT2D eigenvalue weighted by Gasteiger charge is 2.35. The van der Waals surface area contributed by atoms with Gasteiger partial charge >= 0.3 is 0 Å². The van der Waals surface area contributed by atoms with Gasteiger partial charge in [-0.05, 0) is 81.0 Å². The molecule has 4 rings (SSSR count). The van der Waals surface area contributed by atoms with E-state index in [0.29, 0.717) is 5.69 Å². The highest BCUT2D eigenvalue weighted by molar-refractivity contribution is 7.98. The van der Waals surface area contributed by atoms with Crippen molar-refractivity contribution < 1.29 is 18.0 Å². The molecule has 4 aromatic rings. The second-order valence-electron chi connectivity index (χ2n) is 11.6. The fourth-order valence-corrected chi connectivity index (χ4v) is 6.94. The van der Waals surface area contributed by atoms with E-state index >= 15 is 0 Å². The van der Waals surface area contributed by atoms with Gasteiger partial charge in [-0.15, -0.1) is 11.8 Å². The van der Waals surface area contributed by atoms with Crippen molar-refractivity contribution >= 4 is 39.3 Å². The molecule has 0 heterocycles. The topological polar surface area (TPSA) is 86.8 Å². The van der Waals surface area contributed by atoms with Gasteiger partial charge < -0.3 is 10.2 Å². The molecular formula is C37H43N3O4S2. The third kappa shape index (κ3) is 9.01. The molecular weight excluding hydrogens is 615 g/mol. The molecule has 0 aromatic heterocycles. The summed E-state index contributed by atoms with van der Waals surface area (Å²) in [5.41, 5.74) is 4.09. The van der Waals surface area contributed by atoms with Gasteiger partial charge in [-0.2, -0.15) is 0 Å². The second-order valence-corrected chi connectivity index (χ2v) is 14.3. The van der Waals surface area contributed by atoms with E-state index in [2.05, 4.69) is 5.32 Å². The van der Waals surface area contributed by atoms with Gasteiger partial charge in [0.2, 0.25) is 11.8 Å². The molecule has 9 heteroatoms. The number of nitrogens with one attached hydrogen (secondary N) is 1. The number of anilines is 1. The summed E-state index contributed by atoms with van der Waals surface area (Å²) in [4.78, 5) is 31.1. The smallest absolute Gasteiger partial charge is 0.264 e. The Kier molecular flexibility index (Phi) is 12.1. The third-order valence-electron chi connectivity index (χ3n) is 7.96. The zero-order valence-electron chi connectivity index (χ0n) is 27.1. The van der Waals surface area contributed by atoms with Crippen molar-refractivity contribution in [3.63, 3.8) is 0 Å². The Labute approximate surface area is 278 Å². The molecule has 0 spiro atoms. The minimum Gasteiger partial charge on any atom is -0.352 e. The summed E-state index contributed by atoms with van der Waals surface area (Å²) >= 11 is 1.52. The first-order chi connectivity index (χ1) is 22.0. The van der Waals surface area contributed by atoms with E-state index in [1.54, 1.807) is 36.4 Å². The Morgan fingerprint density at radius 2 is 1.48 bits per heavy atom. The van der Waals surface area contributed by atoms with Crippen LogP contribution < -0.4 is 9.62 Å². The summed E-state index contributed by atoms with van der Waals surface area (Å²) in [6, 6.07) is 30.1. The van der Waals surface area contributed by atoms with Crippen molar-refractivity contribution in [2.45, 2.75) is 69.0 Å². The predicted octanol–water partition coefficient (Wildman–Crippen LogP) is 6.78. The summed E-state index contributed by atoms with van der Waals surface area (Å²) in [5, 5.41) is 3.07. The molecule has 0 fully saturated rings. The zero-order valence-corrected chi connectivity index (χ0v) is 28.8. The molecule has 0 saturated heterocycles. The number of hydrogen-bond acceptors (Lipinski definition) is 5. The Morgan fingerprint density at radius 1 is 0.826 bits per heavy atom. The lowest BCUT2D eigenvalue weighted by molar-refractivity contribution is -0.140. The second kappa shape index (κ2) is 16.0. The van der Waals surface area contributed by atoms with Crippen LogP contribution in [0.5, 0.6) is 0 Å². The number of rotatable bonds is 14. The number of hydrogen-bond donors (Lipinski definition) is 1. The van der Waals surface area contributed by atoms with Crippen LogP contribution in [0.4, 0.5) is 5.69 Å². The normalized spacial score (nSPS) is 12.6. The summed E-state index contributed by atoms with van der Waals surface area (Å²) < 4.78 is 29.6. The number of aryl methyl sites for hydroxylation is 2. The minimum atomic E-state index is -4.15. The third-order valence-corrected chi connectivity index (χ3v) is 10.5. The first kappa shape index (κ1) is 34.8. The quantitative estimate of drug-likeness (QED) is 0.151. The van der Waals surface area contributed by atoms with Crippen LogP contribution in [0.3, 0.4) is 0 Å².